The molecule has 134 valence electrons. The number of nitrogens with one attached hydrogen (secondary N) is 1. The van der Waals surface area contributed by atoms with Crippen LogP contribution in [0.3, 0.4) is 0 Å². The second-order valence-electron chi connectivity index (χ2n) is 5.16. The van der Waals surface area contributed by atoms with Crippen LogP contribution in [0.1, 0.15) is 11.1 Å². The molecule has 2 rings (SSSR count). The molecular formula is C17H15ClF3NO2S. The van der Waals surface area contributed by atoms with Crippen LogP contribution in [0.2, 0.25) is 5.02 Å². The highest BCUT2D eigenvalue weighted by atomic mass is 35.5. The van der Waals surface area contributed by atoms with Gasteiger partial charge in [-0.15, -0.1) is 11.8 Å². The van der Waals surface area contributed by atoms with Gasteiger partial charge in [-0.25, -0.2) is 0 Å². The first-order chi connectivity index (χ1) is 11.7. The monoisotopic (exact) mass is 389 g/mol. The highest BCUT2D eigenvalue weighted by molar-refractivity contribution is 8.00. The van der Waals surface area contributed by atoms with E-state index in [1.165, 1.54) is 19.2 Å². The second-order valence-corrected chi connectivity index (χ2v) is 6.62. The molecule has 0 aliphatic rings. The molecule has 0 fully saturated rings. The Hall–Kier alpha value is -1.86. The van der Waals surface area contributed by atoms with Crippen molar-refractivity contribution in [3.63, 3.8) is 0 Å². The van der Waals surface area contributed by atoms with Crippen LogP contribution in [0.4, 0.5) is 18.9 Å². The van der Waals surface area contributed by atoms with E-state index in [2.05, 4.69) is 5.32 Å². The zero-order valence-electron chi connectivity index (χ0n) is 13.4. The number of benzene rings is 2. The number of hydrogen-bond donors (Lipinski definition) is 1. The van der Waals surface area contributed by atoms with E-state index >= 15 is 0 Å². The van der Waals surface area contributed by atoms with Crippen LogP contribution in [-0.2, 0) is 11.0 Å². The Morgan fingerprint density at radius 2 is 2.00 bits per heavy atom. The Labute approximate surface area is 152 Å². The van der Waals surface area contributed by atoms with Gasteiger partial charge in [-0.2, -0.15) is 13.2 Å². The number of thioether (sulfide) groups is 1. The summed E-state index contributed by atoms with van der Waals surface area (Å²) >= 11 is 7.03. The smallest absolute Gasteiger partial charge is 0.416 e. The lowest BCUT2D eigenvalue weighted by atomic mass is 10.2. The molecule has 0 aromatic heterocycles. The molecule has 2 aromatic rings. The first-order valence-corrected chi connectivity index (χ1v) is 8.51. The second kappa shape index (κ2) is 8.01. The molecule has 0 bridgehead atoms. The molecule has 0 atom stereocenters. The van der Waals surface area contributed by atoms with E-state index in [1.807, 2.05) is 0 Å². The van der Waals surface area contributed by atoms with Crippen LogP contribution < -0.4 is 10.1 Å². The minimum Gasteiger partial charge on any atom is -0.495 e. The molecule has 1 N–H and O–H groups in total. The molecule has 3 nitrogen and oxygen atoms in total. The highest BCUT2D eigenvalue weighted by Crippen LogP contribution is 2.33. The van der Waals surface area contributed by atoms with E-state index in [0.29, 0.717) is 21.4 Å². The molecule has 8 heteroatoms. The van der Waals surface area contributed by atoms with Crippen molar-refractivity contribution in [2.45, 2.75) is 18.0 Å². The quantitative estimate of drug-likeness (QED) is 0.695. The fourth-order valence-electron chi connectivity index (χ4n) is 2.03. The summed E-state index contributed by atoms with van der Waals surface area (Å²) in [6.07, 6.45) is -4.41. The van der Waals surface area contributed by atoms with Gasteiger partial charge in [-0.3, -0.25) is 4.79 Å². The molecule has 0 heterocycles. The topological polar surface area (TPSA) is 38.3 Å². The van der Waals surface area contributed by atoms with E-state index in [9.17, 15) is 18.0 Å². The zero-order valence-corrected chi connectivity index (χ0v) is 15.0. The fraction of sp³-hybridized carbons (Fsp3) is 0.235. The molecule has 0 aliphatic carbocycles. The van der Waals surface area contributed by atoms with Crippen molar-refractivity contribution in [3.05, 3.63) is 52.5 Å². The van der Waals surface area contributed by atoms with Crippen LogP contribution in [0.15, 0.2) is 41.3 Å². The number of amides is 1. The fourth-order valence-corrected chi connectivity index (χ4v) is 2.94. The molecular weight excluding hydrogens is 375 g/mol. The number of hydrogen-bond acceptors (Lipinski definition) is 3. The van der Waals surface area contributed by atoms with Crippen LogP contribution in [0, 0.1) is 6.92 Å². The van der Waals surface area contributed by atoms with E-state index in [0.717, 1.165) is 29.5 Å². The van der Waals surface area contributed by atoms with Crippen molar-refractivity contribution in [2.75, 3.05) is 18.2 Å². The summed E-state index contributed by atoms with van der Waals surface area (Å²) in [4.78, 5) is 12.5. The molecule has 2 aromatic carbocycles. The van der Waals surface area contributed by atoms with Gasteiger partial charge in [0.25, 0.3) is 0 Å². The molecule has 0 unspecified atom stereocenters. The highest BCUT2D eigenvalue weighted by Gasteiger charge is 2.30. The number of aryl methyl sites for hydroxylation is 1. The van der Waals surface area contributed by atoms with Crippen LogP contribution >= 0.6 is 23.4 Å². The molecule has 1 amide bonds. The average molecular weight is 390 g/mol. The Morgan fingerprint density at radius 3 is 2.64 bits per heavy atom. The summed E-state index contributed by atoms with van der Waals surface area (Å²) in [5, 5.41) is 3.19. The standard InChI is InChI=1S/C17H15ClF3NO2S/c1-10-6-14(15(24-2)8-13(10)18)22-16(23)9-25-12-5-3-4-11(7-12)17(19,20)21/h3-8H,9H2,1-2H3,(H,22,23). The first kappa shape index (κ1) is 19.5. The maximum Gasteiger partial charge on any atom is 0.416 e. The van der Waals surface area contributed by atoms with Gasteiger partial charge in [0.05, 0.1) is 24.1 Å². The normalized spacial score (nSPS) is 11.3. The number of ether oxygens (including phenoxy) is 1. The Balaban J connectivity index is 2.03. The van der Waals surface area contributed by atoms with Crippen molar-refractivity contribution in [2.24, 2.45) is 0 Å². The summed E-state index contributed by atoms with van der Waals surface area (Å²) in [7, 11) is 1.45. The summed E-state index contributed by atoms with van der Waals surface area (Å²) in [6, 6.07) is 8.12. The largest absolute Gasteiger partial charge is 0.495 e. The van der Waals surface area contributed by atoms with Crippen molar-refractivity contribution >= 4 is 35.0 Å². The van der Waals surface area contributed by atoms with Crippen LogP contribution in [-0.4, -0.2) is 18.8 Å². The lowest BCUT2D eigenvalue weighted by Gasteiger charge is -2.12. The summed E-state index contributed by atoms with van der Waals surface area (Å²) in [6.45, 7) is 1.79. The third-order valence-electron chi connectivity index (χ3n) is 3.29. The minimum atomic E-state index is -4.41. The van der Waals surface area contributed by atoms with E-state index in [1.54, 1.807) is 19.1 Å². The lowest BCUT2D eigenvalue weighted by Crippen LogP contribution is -2.15. The third kappa shape index (κ3) is 5.31. The number of methoxy groups -OCH3 is 1. The Bertz CT molecular complexity index is 781. The average Bonchev–Trinajstić information content (AvgIpc) is 2.55. The van der Waals surface area contributed by atoms with Crippen LogP contribution in [0.5, 0.6) is 5.75 Å². The Morgan fingerprint density at radius 1 is 1.28 bits per heavy atom. The van der Waals surface area contributed by atoms with Crippen molar-refractivity contribution in [1.82, 2.24) is 0 Å². The number of carbonyl (C=O) groups excluding carboxylic acids is 1. The minimum absolute atomic E-state index is 0.0356. The predicted octanol–water partition coefficient (Wildman–Crippen LogP) is 5.41. The maximum absolute atomic E-state index is 12.7. The number of carbonyl (C=O) groups is 1. The van der Waals surface area contributed by atoms with Gasteiger partial charge in [0.15, 0.2) is 0 Å². The van der Waals surface area contributed by atoms with Gasteiger partial charge < -0.3 is 10.1 Å². The predicted molar refractivity (Wildman–Crippen MR) is 93.5 cm³/mol. The SMILES string of the molecule is COc1cc(Cl)c(C)cc1NC(=O)CSc1cccc(C(F)(F)F)c1. The van der Waals surface area contributed by atoms with Crippen molar-refractivity contribution < 1.29 is 22.7 Å². The zero-order chi connectivity index (χ0) is 18.6. The molecule has 0 saturated heterocycles. The molecule has 0 radical (unpaired) electrons. The number of rotatable bonds is 5. The lowest BCUT2D eigenvalue weighted by molar-refractivity contribution is -0.137. The van der Waals surface area contributed by atoms with Gasteiger partial charge in [-0.1, -0.05) is 17.7 Å². The van der Waals surface area contributed by atoms with E-state index in [-0.39, 0.29) is 11.7 Å². The number of alkyl halides is 3. The van der Waals surface area contributed by atoms with Crippen molar-refractivity contribution in [3.8, 4) is 5.75 Å². The summed E-state index contributed by atoms with van der Waals surface area (Å²) < 4.78 is 43.3. The van der Waals surface area contributed by atoms with Gasteiger partial charge in [0.1, 0.15) is 5.75 Å². The van der Waals surface area contributed by atoms with E-state index < -0.39 is 11.7 Å². The number of anilines is 1. The molecule has 25 heavy (non-hydrogen) atoms. The summed E-state index contributed by atoms with van der Waals surface area (Å²) in [5.41, 5.74) is 0.482. The van der Waals surface area contributed by atoms with Crippen molar-refractivity contribution in [1.29, 1.82) is 0 Å². The summed E-state index contributed by atoms with van der Waals surface area (Å²) in [5.74, 6) is 0.0158. The van der Waals surface area contributed by atoms with Gasteiger partial charge in [0, 0.05) is 16.0 Å². The van der Waals surface area contributed by atoms with E-state index in [4.69, 9.17) is 16.3 Å². The number of halogens is 4. The molecule has 0 saturated carbocycles. The van der Waals surface area contributed by atoms with Crippen LogP contribution in [0.25, 0.3) is 0 Å². The van der Waals surface area contributed by atoms with Gasteiger partial charge in [0.2, 0.25) is 5.91 Å². The first-order valence-electron chi connectivity index (χ1n) is 7.14. The Kier molecular flexibility index (Phi) is 6.24. The third-order valence-corrected chi connectivity index (χ3v) is 4.69. The van der Waals surface area contributed by atoms with Gasteiger partial charge in [-0.05, 0) is 36.8 Å². The van der Waals surface area contributed by atoms with Gasteiger partial charge >= 0.3 is 6.18 Å². The molecule has 0 aliphatic heterocycles. The maximum atomic E-state index is 12.7. The molecule has 0 spiro atoms.